The van der Waals surface area contributed by atoms with Crippen LogP contribution in [0.15, 0.2) is 16.6 Å². The van der Waals surface area contributed by atoms with Crippen molar-refractivity contribution in [3.63, 3.8) is 0 Å². The van der Waals surface area contributed by atoms with Crippen molar-refractivity contribution in [2.45, 2.75) is 13.8 Å². The number of anilines is 1. The van der Waals surface area contributed by atoms with Crippen LogP contribution in [-0.4, -0.2) is 18.5 Å². The van der Waals surface area contributed by atoms with Crippen LogP contribution in [0, 0.1) is 34.3 Å². The summed E-state index contributed by atoms with van der Waals surface area (Å²) in [5.74, 6) is -0.0996. The molecule has 0 aromatic heterocycles. The van der Waals surface area contributed by atoms with Gasteiger partial charge in [-0.1, -0.05) is 0 Å². The van der Waals surface area contributed by atoms with Crippen molar-refractivity contribution < 1.29 is 4.92 Å². The molecule has 1 aromatic rings. The fraction of sp³-hybridized carbons (Fsp3) is 0.417. The third-order valence-electron chi connectivity index (χ3n) is 2.64. The highest BCUT2D eigenvalue weighted by Crippen LogP contribution is 2.32. The third-order valence-corrected chi connectivity index (χ3v) is 3.28. The zero-order valence-corrected chi connectivity index (χ0v) is 12.1. The minimum atomic E-state index is -0.401. The van der Waals surface area contributed by atoms with Crippen LogP contribution >= 0.6 is 15.9 Å². The van der Waals surface area contributed by atoms with E-state index in [9.17, 15) is 10.1 Å². The number of nitro groups is 1. The Labute approximate surface area is 114 Å². The molecule has 0 aliphatic rings. The fourth-order valence-electron chi connectivity index (χ4n) is 1.69. The average Bonchev–Trinajstić information content (AvgIpc) is 2.30. The molecule has 18 heavy (non-hydrogen) atoms. The summed E-state index contributed by atoms with van der Waals surface area (Å²) in [6, 6.07) is 5.42. The highest BCUT2D eigenvalue weighted by molar-refractivity contribution is 9.10. The summed E-state index contributed by atoms with van der Waals surface area (Å²) in [6.45, 7) is 4.12. The van der Waals surface area contributed by atoms with Gasteiger partial charge in [-0.15, -0.1) is 0 Å². The van der Waals surface area contributed by atoms with Crippen LogP contribution in [0.3, 0.4) is 0 Å². The van der Waals surface area contributed by atoms with Gasteiger partial charge in [-0.25, -0.2) is 0 Å². The summed E-state index contributed by atoms with van der Waals surface area (Å²) in [5.41, 5.74) is 1.54. The van der Waals surface area contributed by atoms with E-state index in [2.05, 4.69) is 22.0 Å². The molecule has 0 aliphatic heterocycles. The largest absolute Gasteiger partial charge is 0.372 e. The standard InChI is InChI=1S/C12H14BrN3O2/c1-8(6-14)7-15(3)12-4-9(2)11(16(17)18)5-10(12)13/h4-5,8H,7H2,1-3H3. The SMILES string of the molecule is Cc1cc(N(C)CC(C)C#N)c(Br)cc1[N+](=O)[O-]. The van der Waals surface area contributed by atoms with Gasteiger partial charge in [-0.3, -0.25) is 10.1 Å². The van der Waals surface area contributed by atoms with E-state index in [4.69, 9.17) is 5.26 Å². The Morgan fingerprint density at radius 2 is 2.22 bits per heavy atom. The Morgan fingerprint density at radius 1 is 1.61 bits per heavy atom. The van der Waals surface area contributed by atoms with Gasteiger partial charge in [0.1, 0.15) is 0 Å². The lowest BCUT2D eigenvalue weighted by Gasteiger charge is -2.22. The van der Waals surface area contributed by atoms with Crippen LogP contribution in [0.4, 0.5) is 11.4 Å². The van der Waals surface area contributed by atoms with Crippen LogP contribution in [0.2, 0.25) is 0 Å². The number of nitrogens with zero attached hydrogens (tertiary/aromatic N) is 3. The van der Waals surface area contributed by atoms with Crippen molar-refractivity contribution in [1.29, 1.82) is 5.26 Å². The summed E-state index contributed by atoms with van der Waals surface area (Å²) in [4.78, 5) is 12.3. The summed E-state index contributed by atoms with van der Waals surface area (Å²) >= 11 is 3.33. The first-order valence-electron chi connectivity index (χ1n) is 5.42. The predicted octanol–water partition coefficient (Wildman–Crippen LogP) is 3.26. The van der Waals surface area contributed by atoms with Gasteiger partial charge in [-0.2, -0.15) is 5.26 Å². The van der Waals surface area contributed by atoms with Crippen molar-refractivity contribution in [2.75, 3.05) is 18.5 Å². The van der Waals surface area contributed by atoms with E-state index in [-0.39, 0.29) is 11.6 Å². The minimum absolute atomic E-state index is 0.0901. The Kier molecular flexibility index (Phi) is 4.68. The Balaban J connectivity index is 3.08. The van der Waals surface area contributed by atoms with Crippen LogP contribution < -0.4 is 4.90 Å². The predicted molar refractivity (Wildman–Crippen MR) is 73.6 cm³/mol. The zero-order valence-electron chi connectivity index (χ0n) is 10.5. The smallest absolute Gasteiger partial charge is 0.273 e. The molecule has 0 saturated carbocycles. The molecular weight excluding hydrogens is 298 g/mol. The Hall–Kier alpha value is -1.61. The number of hydrogen-bond donors (Lipinski definition) is 0. The van der Waals surface area contributed by atoms with E-state index in [0.29, 0.717) is 16.6 Å². The maximum absolute atomic E-state index is 10.8. The van der Waals surface area contributed by atoms with Crippen molar-refractivity contribution in [1.82, 2.24) is 0 Å². The third kappa shape index (κ3) is 3.20. The van der Waals surface area contributed by atoms with Crippen molar-refractivity contribution in [2.24, 2.45) is 5.92 Å². The molecule has 5 nitrogen and oxygen atoms in total. The van der Waals surface area contributed by atoms with Gasteiger partial charge in [0.2, 0.25) is 0 Å². The lowest BCUT2D eigenvalue weighted by atomic mass is 10.1. The number of aryl methyl sites for hydroxylation is 1. The van der Waals surface area contributed by atoms with Gasteiger partial charge >= 0.3 is 0 Å². The number of nitriles is 1. The number of hydrogen-bond acceptors (Lipinski definition) is 4. The second kappa shape index (κ2) is 5.83. The van der Waals surface area contributed by atoms with Gasteiger partial charge in [0.05, 0.1) is 22.6 Å². The molecule has 96 valence electrons. The molecule has 1 atom stereocenters. The fourth-order valence-corrected chi connectivity index (χ4v) is 2.33. The first-order valence-corrected chi connectivity index (χ1v) is 6.21. The number of halogens is 1. The highest BCUT2D eigenvalue weighted by atomic mass is 79.9. The maximum atomic E-state index is 10.8. The quantitative estimate of drug-likeness (QED) is 0.632. The van der Waals surface area contributed by atoms with Gasteiger partial charge in [0.25, 0.3) is 5.69 Å². The van der Waals surface area contributed by atoms with E-state index < -0.39 is 4.92 Å². The van der Waals surface area contributed by atoms with Crippen LogP contribution in [0.1, 0.15) is 12.5 Å². The summed E-state index contributed by atoms with van der Waals surface area (Å²) in [6.07, 6.45) is 0. The molecule has 1 rings (SSSR count). The molecule has 0 fully saturated rings. The summed E-state index contributed by atoms with van der Waals surface area (Å²) < 4.78 is 0.660. The van der Waals surface area contributed by atoms with Gasteiger partial charge in [0, 0.05) is 29.7 Å². The van der Waals surface area contributed by atoms with E-state index in [1.165, 1.54) is 6.07 Å². The van der Waals surface area contributed by atoms with E-state index in [1.54, 1.807) is 13.0 Å². The Bertz CT molecular complexity index is 511. The van der Waals surface area contributed by atoms with Crippen molar-refractivity contribution >= 4 is 27.3 Å². The van der Waals surface area contributed by atoms with E-state index in [1.807, 2.05) is 18.9 Å². The number of rotatable bonds is 4. The molecule has 0 amide bonds. The highest BCUT2D eigenvalue weighted by Gasteiger charge is 2.17. The van der Waals surface area contributed by atoms with Gasteiger partial charge in [-0.05, 0) is 35.8 Å². The minimum Gasteiger partial charge on any atom is -0.372 e. The molecule has 1 aromatic carbocycles. The molecule has 0 radical (unpaired) electrons. The van der Waals surface area contributed by atoms with Crippen LogP contribution in [0.5, 0.6) is 0 Å². The van der Waals surface area contributed by atoms with Crippen molar-refractivity contribution in [3.8, 4) is 6.07 Å². The summed E-state index contributed by atoms with van der Waals surface area (Å²) in [7, 11) is 1.86. The van der Waals surface area contributed by atoms with E-state index >= 15 is 0 Å². The van der Waals surface area contributed by atoms with Crippen molar-refractivity contribution in [3.05, 3.63) is 32.3 Å². The van der Waals surface area contributed by atoms with Crippen LogP contribution in [0.25, 0.3) is 0 Å². The first kappa shape index (κ1) is 14.5. The molecule has 6 heteroatoms. The second-order valence-corrected chi connectivity index (χ2v) is 5.11. The molecule has 0 heterocycles. The average molecular weight is 312 g/mol. The monoisotopic (exact) mass is 311 g/mol. The number of nitro benzene ring substituents is 1. The lowest BCUT2D eigenvalue weighted by Crippen LogP contribution is -2.23. The molecule has 0 aliphatic carbocycles. The first-order chi connectivity index (χ1) is 8.36. The Morgan fingerprint density at radius 3 is 2.72 bits per heavy atom. The normalized spacial score (nSPS) is 11.7. The molecule has 0 N–H and O–H groups in total. The second-order valence-electron chi connectivity index (χ2n) is 4.26. The molecular formula is C12H14BrN3O2. The maximum Gasteiger partial charge on any atom is 0.273 e. The zero-order chi connectivity index (χ0) is 13.9. The van der Waals surface area contributed by atoms with Crippen LogP contribution in [-0.2, 0) is 0 Å². The van der Waals surface area contributed by atoms with Gasteiger partial charge in [0.15, 0.2) is 0 Å². The lowest BCUT2D eigenvalue weighted by molar-refractivity contribution is -0.385. The number of benzene rings is 1. The molecule has 0 saturated heterocycles. The molecule has 0 spiro atoms. The van der Waals surface area contributed by atoms with E-state index in [0.717, 1.165) is 5.69 Å². The topological polar surface area (TPSA) is 70.2 Å². The molecule has 1 unspecified atom stereocenters. The summed E-state index contributed by atoms with van der Waals surface area (Å²) in [5, 5.41) is 19.6. The van der Waals surface area contributed by atoms with Gasteiger partial charge < -0.3 is 4.90 Å². The molecule has 0 bridgehead atoms.